The van der Waals surface area contributed by atoms with E-state index in [-0.39, 0.29) is 10.7 Å². The van der Waals surface area contributed by atoms with Gasteiger partial charge in [-0.25, -0.2) is 0 Å². The van der Waals surface area contributed by atoms with Gasteiger partial charge in [-0.05, 0) is 66.8 Å². The lowest BCUT2D eigenvalue weighted by Gasteiger charge is -2.29. The van der Waals surface area contributed by atoms with Gasteiger partial charge in [-0.1, -0.05) is 34.1 Å². The van der Waals surface area contributed by atoms with Crippen molar-refractivity contribution in [1.29, 1.82) is 0 Å². The van der Waals surface area contributed by atoms with Crippen LogP contribution in [0.3, 0.4) is 0 Å². The van der Waals surface area contributed by atoms with Crippen LogP contribution in [0.4, 0.5) is 5.69 Å². The van der Waals surface area contributed by atoms with E-state index in [2.05, 4.69) is 21.2 Å². The van der Waals surface area contributed by atoms with Gasteiger partial charge in [-0.15, -0.1) is 0 Å². The number of nitrogens with zero attached hydrogens (tertiary/aromatic N) is 2. The van der Waals surface area contributed by atoms with E-state index in [4.69, 9.17) is 12.2 Å². The molecule has 1 N–H and O–H groups in total. The van der Waals surface area contributed by atoms with Crippen molar-refractivity contribution in [2.45, 2.75) is 0 Å². The SMILES string of the molecule is O=C1NC(=S)N(c2ccc(Br)cc2)C(=O)C1=Cc1cccn1-c1ccccc1. The fourth-order valence-corrected chi connectivity index (χ4v) is 3.51. The summed E-state index contributed by atoms with van der Waals surface area (Å²) in [5.74, 6) is -0.971. The van der Waals surface area contributed by atoms with Crippen LogP contribution in [-0.2, 0) is 9.59 Å². The molecule has 0 aliphatic carbocycles. The molecule has 1 fully saturated rings. The Morgan fingerprint density at radius 1 is 0.893 bits per heavy atom. The summed E-state index contributed by atoms with van der Waals surface area (Å²) in [6, 6.07) is 20.5. The average Bonchev–Trinajstić information content (AvgIpc) is 3.15. The Hall–Kier alpha value is -3.03. The van der Waals surface area contributed by atoms with Crippen LogP contribution < -0.4 is 10.2 Å². The summed E-state index contributed by atoms with van der Waals surface area (Å²) in [6.45, 7) is 0. The van der Waals surface area contributed by atoms with Crippen molar-refractivity contribution in [3.63, 3.8) is 0 Å². The van der Waals surface area contributed by atoms with Crippen molar-refractivity contribution in [2.75, 3.05) is 4.90 Å². The molecular weight excluding hydrogens is 438 g/mol. The van der Waals surface area contributed by atoms with Crippen molar-refractivity contribution in [1.82, 2.24) is 9.88 Å². The number of carbonyl (C=O) groups is 2. The predicted octanol–water partition coefficient (Wildman–Crippen LogP) is 4.07. The monoisotopic (exact) mass is 451 g/mol. The van der Waals surface area contributed by atoms with Gasteiger partial charge in [0.1, 0.15) is 5.57 Å². The zero-order valence-electron chi connectivity index (χ0n) is 14.5. The number of carbonyl (C=O) groups excluding carboxylic acids is 2. The topological polar surface area (TPSA) is 54.3 Å². The number of thiocarbonyl (C=S) groups is 1. The summed E-state index contributed by atoms with van der Waals surface area (Å²) < 4.78 is 2.79. The lowest BCUT2D eigenvalue weighted by molar-refractivity contribution is -0.122. The number of benzene rings is 2. The molecular formula is C21H14BrN3O2S. The maximum absolute atomic E-state index is 13.1. The molecule has 1 aliphatic heterocycles. The lowest BCUT2D eigenvalue weighted by atomic mass is 10.1. The number of halogens is 1. The number of nitrogens with one attached hydrogen (secondary N) is 1. The average molecular weight is 452 g/mol. The van der Waals surface area contributed by atoms with Crippen molar-refractivity contribution in [3.8, 4) is 5.69 Å². The maximum atomic E-state index is 13.1. The molecule has 7 heteroatoms. The van der Waals surface area contributed by atoms with E-state index in [1.807, 2.05) is 65.4 Å². The zero-order valence-corrected chi connectivity index (χ0v) is 16.9. The van der Waals surface area contributed by atoms with Gasteiger partial charge in [0.05, 0.1) is 5.69 Å². The van der Waals surface area contributed by atoms with Crippen LogP contribution in [0.15, 0.2) is 83.0 Å². The van der Waals surface area contributed by atoms with Crippen LogP contribution in [0.25, 0.3) is 11.8 Å². The molecule has 3 aromatic rings. The second-order valence-electron chi connectivity index (χ2n) is 6.07. The number of para-hydroxylation sites is 1. The molecule has 1 aromatic heterocycles. The summed E-state index contributed by atoms with van der Waals surface area (Å²) in [6.07, 6.45) is 3.46. The van der Waals surface area contributed by atoms with Gasteiger partial charge < -0.3 is 4.57 Å². The Morgan fingerprint density at radius 3 is 2.32 bits per heavy atom. The van der Waals surface area contributed by atoms with Crippen molar-refractivity contribution in [3.05, 3.63) is 88.7 Å². The molecule has 0 saturated carbocycles. The summed E-state index contributed by atoms with van der Waals surface area (Å²) in [5, 5.41) is 2.67. The first-order valence-corrected chi connectivity index (χ1v) is 9.64. The largest absolute Gasteiger partial charge is 0.317 e. The van der Waals surface area contributed by atoms with E-state index in [9.17, 15) is 9.59 Å². The third-order valence-corrected chi connectivity index (χ3v) is 5.11. The Bertz CT molecular complexity index is 1100. The number of rotatable bonds is 3. The van der Waals surface area contributed by atoms with Gasteiger partial charge in [0, 0.05) is 22.1 Å². The van der Waals surface area contributed by atoms with Gasteiger partial charge in [-0.2, -0.15) is 0 Å². The Kier molecular flexibility index (Phi) is 4.93. The maximum Gasteiger partial charge on any atom is 0.270 e. The quantitative estimate of drug-likeness (QED) is 0.371. The first-order valence-electron chi connectivity index (χ1n) is 8.44. The molecule has 0 unspecified atom stereocenters. The molecule has 1 saturated heterocycles. The molecule has 1 aliphatic rings. The Balaban J connectivity index is 1.74. The first-order chi connectivity index (χ1) is 13.5. The lowest BCUT2D eigenvalue weighted by Crippen LogP contribution is -2.54. The highest BCUT2D eigenvalue weighted by molar-refractivity contribution is 9.10. The predicted molar refractivity (Wildman–Crippen MR) is 116 cm³/mol. The number of hydrogen-bond acceptors (Lipinski definition) is 3. The highest BCUT2D eigenvalue weighted by Gasteiger charge is 2.34. The normalized spacial score (nSPS) is 15.8. The molecule has 2 heterocycles. The minimum Gasteiger partial charge on any atom is -0.317 e. The summed E-state index contributed by atoms with van der Waals surface area (Å²) in [5.41, 5.74) is 2.26. The molecule has 138 valence electrons. The minimum absolute atomic E-state index is 0.0207. The number of aromatic nitrogens is 1. The molecule has 28 heavy (non-hydrogen) atoms. The van der Waals surface area contributed by atoms with Gasteiger partial charge in [-0.3, -0.25) is 19.8 Å². The van der Waals surface area contributed by atoms with Crippen LogP contribution in [0.1, 0.15) is 5.69 Å². The van der Waals surface area contributed by atoms with Crippen LogP contribution in [0, 0.1) is 0 Å². The highest BCUT2D eigenvalue weighted by atomic mass is 79.9. The molecule has 0 bridgehead atoms. The third kappa shape index (κ3) is 3.42. The van der Waals surface area contributed by atoms with Gasteiger partial charge in [0.25, 0.3) is 11.8 Å². The molecule has 2 aromatic carbocycles. The van der Waals surface area contributed by atoms with Gasteiger partial charge in [0.2, 0.25) is 0 Å². The van der Waals surface area contributed by atoms with Crippen LogP contribution in [0.2, 0.25) is 0 Å². The standard InChI is InChI=1S/C21H14BrN3O2S/c22-14-8-10-16(11-9-14)25-20(27)18(19(26)23-21(25)28)13-17-7-4-12-24(17)15-5-2-1-3-6-15/h1-13H,(H,23,26,28). The van der Waals surface area contributed by atoms with E-state index >= 15 is 0 Å². The molecule has 0 atom stereocenters. The van der Waals surface area contributed by atoms with Gasteiger partial charge in [0.15, 0.2) is 5.11 Å². The molecule has 5 nitrogen and oxygen atoms in total. The van der Waals surface area contributed by atoms with E-state index in [0.29, 0.717) is 11.4 Å². The summed E-state index contributed by atoms with van der Waals surface area (Å²) in [4.78, 5) is 26.9. The number of amides is 2. The summed E-state index contributed by atoms with van der Waals surface area (Å²) >= 11 is 8.60. The highest BCUT2D eigenvalue weighted by Crippen LogP contribution is 2.24. The van der Waals surface area contributed by atoms with E-state index in [1.54, 1.807) is 18.2 Å². The summed E-state index contributed by atoms with van der Waals surface area (Å²) in [7, 11) is 0. The number of anilines is 1. The van der Waals surface area contributed by atoms with Crippen LogP contribution in [0.5, 0.6) is 0 Å². The van der Waals surface area contributed by atoms with Crippen LogP contribution >= 0.6 is 28.1 Å². The van der Waals surface area contributed by atoms with E-state index < -0.39 is 11.8 Å². The fourth-order valence-electron chi connectivity index (χ4n) is 2.97. The van der Waals surface area contributed by atoms with Crippen molar-refractivity contribution in [2.24, 2.45) is 0 Å². The molecule has 2 amide bonds. The van der Waals surface area contributed by atoms with E-state index in [1.165, 1.54) is 4.90 Å². The molecule has 0 radical (unpaired) electrons. The van der Waals surface area contributed by atoms with Crippen molar-refractivity contribution >= 4 is 56.8 Å². The van der Waals surface area contributed by atoms with Crippen molar-refractivity contribution < 1.29 is 9.59 Å². The molecule has 0 spiro atoms. The zero-order chi connectivity index (χ0) is 19.7. The fraction of sp³-hybridized carbons (Fsp3) is 0. The first kappa shape index (κ1) is 18.3. The van der Waals surface area contributed by atoms with E-state index in [0.717, 1.165) is 10.2 Å². The Labute approximate surface area is 175 Å². The molecule has 4 rings (SSSR count). The van der Waals surface area contributed by atoms with Crippen LogP contribution in [-0.4, -0.2) is 21.5 Å². The minimum atomic E-state index is -0.510. The third-order valence-electron chi connectivity index (χ3n) is 4.29. The van der Waals surface area contributed by atoms with Gasteiger partial charge >= 0.3 is 0 Å². The second-order valence-corrected chi connectivity index (χ2v) is 7.38. The number of hydrogen-bond donors (Lipinski definition) is 1. The smallest absolute Gasteiger partial charge is 0.270 e. The Morgan fingerprint density at radius 2 is 1.61 bits per heavy atom. The second kappa shape index (κ2) is 7.53.